The number of carbonyl (C=O) groups excluding carboxylic acids is 2. The fourth-order valence-electron chi connectivity index (χ4n) is 4.81. The summed E-state index contributed by atoms with van der Waals surface area (Å²) in [5.74, 6) is 1.28. The number of fused-ring (bicyclic) bond motifs is 2. The van der Waals surface area contributed by atoms with Gasteiger partial charge in [0.05, 0.1) is 23.2 Å². The summed E-state index contributed by atoms with van der Waals surface area (Å²) in [7, 11) is 0. The quantitative estimate of drug-likeness (QED) is 0.500. The van der Waals surface area contributed by atoms with Crippen LogP contribution in [-0.4, -0.2) is 57.0 Å². The van der Waals surface area contributed by atoms with Gasteiger partial charge < -0.3 is 25.4 Å². The Labute approximate surface area is 215 Å². The maximum absolute atomic E-state index is 12.3. The molecule has 3 aromatic rings. The first-order chi connectivity index (χ1) is 17.5. The Morgan fingerprint density at radius 2 is 1.97 bits per heavy atom. The van der Waals surface area contributed by atoms with Crippen LogP contribution in [0.2, 0.25) is 0 Å². The first-order valence-corrected chi connectivity index (χ1v) is 12.5. The molecule has 5 heterocycles. The fourth-order valence-corrected chi connectivity index (χ4v) is 4.81. The average molecular weight is 505 g/mol. The Morgan fingerprint density at radius 1 is 1.19 bits per heavy atom. The smallest absolute Gasteiger partial charge is 0.340 e. The number of pyridine rings is 3. The largest absolute Gasteiger partial charge is 0.472 e. The summed E-state index contributed by atoms with van der Waals surface area (Å²) in [5.41, 5.74) is 7.87. The Kier molecular flexibility index (Phi) is 6.23. The molecule has 194 valence electrons. The van der Waals surface area contributed by atoms with E-state index in [1.807, 2.05) is 33.8 Å². The highest BCUT2D eigenvalue weighted by atomic mass is 16.5. The van der Waals surface area contributed by atoms with Gasteiger partial charge in [-0.05, 0) is 49.9 Å². The van der Waals surface area contributed by atoms with Crippen LogP contribution in [0.1, 0.15) is 68.6 Å². The predicted molar refractivity (Wildman–Crippen MR) is 139 cm³/mol. The average Bonchev–Trinajstić information content (AvgIpc) is 3.31. The molecule has 0 spiro atoms. The number of rotatable bonds is 5. The molecule has 0 saturated carbocycles. The molecular weight excluding hydrogens is 472 g/mol. The molecule has 0 radical (unpaired) electrons. The second-order valence-corrected chi connectivity index (χ2v) is 10.5. The molecule has 37 heavy (non-hydrogen) atoms. The highest BCUT2D eigenvalue weighted by Crippen LogP contribution is 2.35. The van der Waals surface area contributed by atoms with Crippen molar-refractivity contribution < 1.29 is 19.1 Å². The van der Waals surface area contributed by atoms with E-state index in [1.165, 1.54) is 0 Å². The van der Waals surface area contributed by atoms with Crippen LogP contribution >= 0.6 is 0 Å². The molecule has 10 heteroatoms. The van der Waals surface area contributed by atoms with Gasteiger partial charge in [-0.25, -0.2) is 19.7 Å². The second-order valence-electron chi connectivity index (χ2n) is 10.5. The van der Waals surface area contributed by atoms with E-state index in [9.17, 15) is 9.59 Å². The Morgan fingerprint density at radius 3 is 2.68 bits per heavy atom. The van der Waals surface area contributed by atoms with Crippen molar-refractivity contribution >= 4 is 34.3 Å². The maximum atomic E-state index is 12.3. The first-order valence-electron chi connectivity index (χ1n) is 12.5. The van der Waals surface area contributed by atoms with Gasteiger partial charge in [-0.15, -0.1) is 0 Å². The van der Waals surface area contributed by atoms with Gasteiger partial charge in [-0.3, -0.25) is 4.79 Å². The van der Waals surface area contributed by atoms with Crippen LogP contribution in [-0.2, 0) is 15.1 Å². The van der Waals surface area contributed by atoms with Crippen LogP contribution in [0.4, 0.5) is 11.6 Å². The number of cyclic esters (lactones) is 1. The van der Waals surface area contributed by atoms with Gasteiger partial charge in [-0.2, -0.15) is 0 Å². The zero-order valence-corrected chi connectivity index (χ0v) is 21.7. The summed E-state index contributed by atoms with van der Waals surface area (Å²) in [6.45, 7) is 10.5. The summed E-state index contributed by atoms with van der Waals surface area (Å²) in [5, 5.41) is 4.87. The molecule has 3 aromatic heterocycles. The minimum absolute atomic E-state index is 0.0241. The van der Waals surface area contributed by atoms with Crippen LogP contribution in [0.15, 0.2) is 30.6 Å². The predicted octanol–water partition coefficient (Wildman–Crippen LogP) is 3.62. The number of hydrogen-bond acceptors (Lipinski definition) is 9. The molecule has 10 nitrogen and oxygen atoms in total. The van der Waals surface area contributed by atoms with Crippen molar-refractivity contribution in [3.63, 3.8) is 0 Å². The van der Waals surface area contributed by atoms with Crippen LogP contribution in [0.5, 0.6) is 5.88 Å². The number of likely N-dealkylation sites (tertiary alicyclic amines) is 1. The molecule has 0 aromatic carbocycles. The summed E-state index contributed by atoms with van der Waals surface area (Å²) >= 11 is 0. The standard InChI is InChI=1S/C27H32N6O4/c1-14-15(2)36-26(35)18-6-7-22(32-24(14)18)31-23-10-19-20(11-29-23)25(30-12-21(19)27(4,5)28)37-17-8-9-33(13-17)16(3)34/h6-7,10-12,14-15,17H,8-9,13,28H2,1-5H3,(H,29,31,32)/t14-,15-,17+/m0/s1. The van der Waals surface area contributed by atoms with Gasteiger partial charge in [0.2, 0.25) is 11.8 Å². The highest BCUT2D eigenvalue weighted by Gasteiger charge is 2.32. The number of ether oxygens (including phenoxy) is 2. The molecule has 0 unspecified atom stereocenters. The maximum Gasteiger partial charge on any atom is 0.340 e. The Hall–Kier alpha value is -3.79. The number of nitrogens with zero attached hydrogens (tertiary/aromatic N) is 4. The molecule has 1 saturated heterocycles. The number of amides is 1. The number of aromatic nitrogens is 3. The fraction of sp³-hybridized carbons (Fsp3) is 0.444. The van der Waals surface area contributed by atoms with E-state index < -0.39 is 5.54 Å². The number of esters is 1. The minimum atomic E-state index is -0.656. The normalized spacial score (nSPS) is 21.5. The number of nitrogens with one attached hydrogen (secondary N) is 1. The molecule has 2 aliphatic rings. The molecule has 0 bridgehead atoms. The molecule has 3 atom stereocenters. The van der Waals surface area contributed by atoms with Crippen molar-refractivity contribution in [3.05, 3.63) is 47.4 Å². The lowest BCUT2D eigenvalue weighted by Gasteiger charge is -2.27. The molecule has 5 rings (SSSR count). The molecule has 1 fully saturated rings. The van der Waals surface area contributed by atoms with Crippen molar-refractivity contribution in [2.24, 2.45) is 5.73 Å². The number of hydrogen-bond donors (Lipinski definition) is 2. The third-order valence-corrected chi connectivity index (χ3v) is 7.13. The van der Waals surface area contributed by atoms with E-state index in [0.717, 1.165) is 22.8 Å². The van der Waals surface area contributed by atoms with Crippen LogP contribution in [0.25, 0.3) is 10.8 Å². The second kappa shape index (κ2) is 9.26. The van der Waals surface area contributed by atoms with Gasteiger partial charge in [0.15, 0.2) is 0 Å². The third kappa shape index (κ3) is 4.81. The van der Waals surface area contributed by atoms with Gasteiger partial charge in [-0.1, -0.05) is 6.92 Å². The number of nitrogens with two attached hydrogens (primary N) is 1. The Balaban J connectivity index is 1.48. The lowest BCUT2D eigenvalue weighted by atomic mass is 9.93. The van der Waals surface area contributed by atoms with E-state index in [-0.39, 0.29) is 30.0 Å². The highest BCUT2D eigenvalue weighted by molar-refractivity contribution is 5.93. The van der Waals surface area contributed by atoms with E-state index in [0.29, 0.717) is 41.9 Å². The third-order valence-electron chi connectivity index (χ3n) is 7.13. The number of anilines is 2. The van der Waals surface area contributed by atoms with Crippen molar-refractivity contribution in [2.75, 3.05) is 18.4 Å². The van der Waals surface area contributed by atoms with E-state index >= 15 is 0 Å². The van der Waals surface area contributed by atoms with Crippen molar-refractivity contribution in [1.29, 1.82) is 0 Å². The summed E-state index contributed by atoms with van der Waals surface area (Å²) < 4.78 is 11.6. The van der Waals surface area contributed by atoms with Crippen molar-refractivity contribution in [3.8, 4) is 5.88 Å². The Bertz CT molecular complexity index is 1390. The van der Waals surface area contributed by atoms with Crippen LogP contribution in [0.3, 0.4) is 0 Å². The van der Waals surface area contributed by atoms with Crippen molar-refractivity contribution in [2.45, 2.75) is 64.7 Å². The van der Waals surface area contributed by atoms with E-state index in [2.05, 4.69) is 15.3 Å². The lowest BCUT2D eigenvalue weighted by Crippen LogP contribution is -2.30. The monoisotopic (exact) mass is 504 g/mol. The van der Waals surface area contributed by atoms with Gasteiger partial charge in [0, 0.05) is 43.7 Å². The molecule has 2 aliphatic heterocycles. The zero-order valence-electron chi connectivity index (χ0n) is 21.7. The summed E-state index contributed by atoms with van der Waals surface area (Å²) in [6.07, 6.45) is 3.82. The van der Waals surface area contributed by atoms with Crippen LogP contribution in [0, 0.1) is 0 Å². The van der Waals surface area contributed by atoms with Crippen LogP contribution < -0.4 is 15.8 Å². The molecule has 3 N–H and O–H groups in total. The van der Waals surface area contributed by atoms with Gasteiger partial charge >= 0.3 is 5.97 Å². The molecule has 0 aliphatic carbocycles. The first kappa shape index (κ1) is 24.9. The molecule has 1 amide bonds. The van der Waals surface area contributed by atoms with E-state index in [1.54, 1.807) is 36.4 Å². The lowest BCUT2D eigenvalue weighted by molar-refractivity contribution is -0.128. The summed E-state index contributed by atoms with van der Waals surface area (Å²) in [6, 6.07) is 5.38. The van der Waals surface area contributed by atoms with E-state index in [4.69, 9.17) is 20.2 Å². The number of carbonyl (C=O) groups is 2. The SMILES string of the molecule is CC(=O)N1CC[C@@H](Oc2ncc(C(C)(C)N)c3cc(Nc4ccc5c(n4)[C@@H](C)[C@H](C)OC5=O)ncc23)C1. The zero-order chi connectivity index (χ0) is 26.5. The van der Waals surface area contributed by atoms with Gasteiger partial charge in [0.25, 0.3) is 0 Å². The topological polar surface area (TPSA) is 133 Å². The van der Waals surface area contributed by atoms with Gasteiger partial charge in [0.1, 0.15) is 23.8 Å². The minimum Gasteiger partial charge on any atom is -0.472 e. The summed E-state index contributed by atoms with van der Waals surface area (Å²) in [4.78, 5) is 39.6. The molecular formula is C27H32N6O4. The van der Waals surface area contributed by atoms with Crippen molar-refractivity contribution in [1.82, 2.24) is 19.9 Å².